The van der Waals surface area contributed by atoms with E-state index in [0.717, 1.165) is 16.2 Å². The molecule has 5 heteroatoms. The summed E-state index contributed by atoms with van der Waals surface area (Å²) in [6.45, 7) is 8.33. The molecule has 0 radical (unpaired) electrons. The number of fused-ring (bicyclic) bond motifs is 1. The van der Waals surface area contributed by atoms with Crippen LogP contribution in [0.15, 0.2) is 41.9 Å². The highest BCUT2D eigenvalue weighted by atomic mass is 16.7. The average molecular weight is 325 g/mol. The van der Waals surface area contributed by atoms with Crippen molar-refractivity contribution in [2.75, 3.05) is 6.54 Å². The Labute approximate surface area is 143 Å². The molecule has 2 aromatic carbocycles. The summed E-state index contributed by atoms with van der Waals surface area (Å²) in [6.07, 6.45) is 1.86. The van der Waals surface area contributed by atoms with Crippen molar-refractivity contribution < 1.29 is 14.4 Å². The van der Waals surface area contributed by atoms with Crippen molar-refractivity contribution in [2.45, 2.75) is 38.9 Å². The van der Waals surface area contributed by atoms with Gasteiger partial charge in [-0.25, -0.2) is 0 Å². The van der Waals surface area contributed by atoms with E-state index in [9.17, 15) is 5.11 Å². The highest BCUT2D eigenvalue weighted by Crippen LogP contribution is 2.39. The molecule has 0 atom stereocenters. The number of rotatable bonds is 3. The Morgan fingerprint density at radius 3 is 2.33 bits per heavy atom. The monoisotopic (exact) mass is 325 g/mol. The maximum Gasteiger partial charge on any atom is 0.491 e. The van der Waals surface area contributed by atoms with Crippen molar-refractivity contribution in [3.63, 3.8) is 0 Å². The van der Waals surface area contributed by atoms with Crippen LogP contribution in [0.3, 0.4) is 0 Å². The molecule has 1 fully saturated rings. The van der Waals surface area contributed by atoms with Gasteiger partial charge in [-0.15, -0.1) is 0 Å². The zero-order chi connectivity index (χ0) is 17.5. The van der Waals surface area contributed by atoms with E-state index in [4.69, 9.17) is 15.0 Å². The zero-order valence-corrected chi connectivity index (χ0v) is 14.7. The van der Waals surface area contributed by atoms with Crippen molar-refractivity contribution in [3.05, 3.63) is 47.4 Å². The van der Waals surface area contributed by atoms with Crippen LogP contribution in [-0.4, -0.2) is 30.0 Å². The molecule has 3 N–H and O–H groups in total. The summed E-state index contributed by atoms with van der Waals surface area (Å²) in [6, 6.07) is 11.6. The molecule has 0 amide bonds. The first-order valence-electron chi connectivity index (χ1n) is 8.22. The molecular weight excluding hydrogens is 301 g/mol. The molecule has 1 heterocycles. The van der Waals surface area contributed by atoms with E-state index < -0.39 is 18.3 Å². The normalized spacial score (nSPS) is 19.9. The summed E-state index contributed by atoms with van der Waals surface area (Å²) < 4.78 is 12.1. The molecule has 24 heavy (non-hydrogen) atoms. The summed E-state index contributed by atoms with van der Waals surface area (Å²) in [5.41, 5.74) is 6.61. The van der Waals surface area contributed by atoms with Crippen molar-refractivity contribution in [1.29, 1.82) is 0 Å². The fourth-order valence-corrected chi connectivity index (χ4v) is 2.81. The quantitative estimate of drug-likeness (QED) is 0.848. The lowest BCUT2D eigenvalue weighted by atomic mass is 9.77. The fourth-order valence-electron chi connectivity index (χ4n) is 2.81. The van der Waals surface area contributed by atoms with E-state index >= 15 is 0 Å². The molecule has 1 aliphatic heterocycles. The topological polar surface area (TPSA) is 64.7 Å². The van der Waals surface area contributed by atoms with Gasteiger partial charge in [0.05, 0.1) is 11.2 Å². The molecule has 0 spiro atoms. The molecule has 0 aliphatic carbocycles. The van der Waals surface area contributed by atoms with Crippen LogP contribution in [0.2, 0.25) is 0 Å². The molecule has 1 saturated heterocycles. The van der Waals surface area contributed by atoms with Crippen molar-refractivity contribution in [2.24, 2.45) is 5.73 Å². The Hall–Kier alpha value is -1.82. The lowest BCUT2D eigenvalue weighted by Crippen LogP contribution is -2.41. The van der Waals surface area contributed by atoms with E-state index in [-0.39, 0.29) is 5.75 Å². The maximum atomic E-state index is 10.6. The third-order valence-electron chi connectivity index (χ3n) is 5.06. The third-order valence-corrected chi connectivity index (χ3v) is 5.06. The smallest absolute Gasteiger partial charge is 0.491 e. The van der Waals surface area contributed by atoms with Crippen LogP contribution in [0.25, 0.3) is 16.8 Å². The second-order valence-corrected chi connectivity index (χ2v) is 7.24. The van der Waals surface area contributed by atoms with Gasteiger partial charge >= 0.3 is 7.12 Å². The van der Waals surface area contributed by atoms with E-state index in [1.54, 1.807) is 0 Å². The summed E-state index contributed by atoms with van der Waals surface area (Å²) in [5.74, 6) is 0.246. The lowest BCUT2D eigenvalue weighted by Gasteiger charge is -2.32. The molecule has 0 saturated carbocycles. The molecule has 126 valence electrons. The molecule has 0 unspecified atom stereocenters. The highest BCUT2D eigenvalue weighted by molar-refractivity contribution is 6.56. The molecule has 0 aromatic heterocycles. The van der Waals surface area contributed by atoms with E-state index in [2.05, 4.69) is 0 Å². The standard InChI is InChI=1S/C19H24BNO3/c1-18(2)19(3,4)24-20(23-18)15(12-21)11-14-10-9-13-7-5-6-8-16(13)17(14)22/h5-11,22H,12,21H2,1-4H3. The highest BCUT2D eigenvalue weighted by Gasteiger charge is 2.52. The van der Waals surface area contributed by atoms with Crippen LogP contribution >= 0.6 is 0 Å². The van der Waals surface area contributed by atoms with Crippen molar-refractivity contribution in [1.82, 2.24) is 0 Å². The largest absolute Gasteiger partial charge is 0.507 e. The van der Waals surface area contributed by atoms with Crippen LogP contribution in [0.5, 0.6) is 5.75 Å². The fraction of sp³-hybridized carbons (Fsp3) is 0.368. The van der Waals surface area contributed by atoms with Crippen LogP contribution < -0.4 is 5.73 Å². The predicted molar refractivity (Wildman–Crippen MR) is 98.7 cm³/mol. The summed E-state index contributed by atoms with van der Waals surface area (Å²) in [5, 5.41) is 12.4. The van der Waals surface area contributed by atoms with Gasteiger partial charge in [-0.05, 0) is 38.6 Å². The Bertz CT molecular complexity index is 782. The number of hydrogen-bond donors (Lipinski definition) is 2. The van der Waals surface area contributed by atoms with E-state index in [1.165, 1.54) is 0 Å². The molecule has 1 aliphatic rings. The van der Waals surface area contributed by atoms with Gasteiger partial charge in [-0.1, -0.05) is 42.5 Å². The van der Waals surface area contributed by atoms with Gasteiger partial charge in [0.2, 0.25) is 0 Å². The minimum atomic E-state index is -0.508. The first kappa shape index (κ1) is 17.0. The summed E-state index contributed by atoms with van der Waals surface area (Å²) in [4.78, 5) is 0. The first-order valence-corrected chi connectivity index (χ1v) is 8.22. The second-order valence-electron chi connectivity index (χ2n) is 7.24. The number of benzene rings is 2. The van der Waals surface area contributed by atoms with E-state index in [1.807, 2.05) is 70.2 Å². The van der Waals surface area contributed by atoms with Gasteiger partial charge in [-0.2, -0.15) is 0 Å². The Morgan fingerprint density at radius 1 is 1.08 bits per heavy atom. The predicted octanol–water partition coefficient (Wildman–Crippen LogP) is 3.52. The Balaban J connectivity index is 1.99. The lowest BCUT2D eigenvalue weighted by molar-refractivity contribution is 0.00578. The molecule has 4 nitrogen and oxygen atoms in total. The summed E-state index contributed by atoms with van der Waals surface area (Å²) in [7, 11) is -0.508. The first-order chi connectivity index (χ1) is 11.2. The van der Waals surface area contributed by atoms with E-state index in [0.29, 0.717) is 12.1 Å². The number of phenolic OH excluding ortho intramolecular Hbond substituents is 1. The van der Waals surface area contributed by atoms with Crippen molar-refractivity contribution in [3.8, 4) is 5.75 Å². The van der Waals surface area contributed by atoms with Crippen LogP contribution in [0.4, 0.5) is 0 Å². The van der Waals surface area contributed by atoms with Crippen LogP contribution in [0.1, 0.15) is 33.3 Å². The molecular formula is C19H24BNO3. The molecule has 3 rings (SSSR count). The van der Waals surface area contributed by atoms with Crippen LogP contribution in [-0.2, 0) is 9.31 Å². The second kappa shape index (κ2) is 5.92. The molecule has 2 aromatic rings. The van der Waals surface area contributed by atoms with Gasteiger partial charge in [0.1, 0.15) is 5.75 Å². The number of phenols is 1. The third kappa shape index (κ3) is 2.84. The van der Waals surface area contributed by atoms with Crippen molar-refractivity contribution >= 4 is 24.0 Å². The van der Waals surface area contributed by atoms with Gasteiger partial charge < -0.3 is 20.1 Å². The van der Waals surface area contributed by atoms with Gasteiger partial charge in [-0.3, -0.25) is 0 Å². The SMILES string of the molecule is CC1(C)OB(C(=Cc2ccc3ccccc3c2O)CN)OC1(C)C. The zero-order valence-electron chi connectivity index (χ0n) is 14.7. The van der Waals surface area contributed by atoms with Gasteiger partial charge in [0.15, 0.2) is 0 Å². The van der Waals surface area contributed by atoms with Gasteiger partial charge in [0.25, 0.3) is 0 Å². The van der Waals surface area contributed by atoms with Crippen LogP contribution in [0, 0.1) is 0 Å². The minimum Gasteiger partial charge on any atom is -0.507 e. The Kier molecular flexibility index (Phi) is 4.20. The number of aromatic hydroxyl groups is 1. The average Bonchev–Trinajstić information content (AvgIpc) is 2.75. The number of nitrogens with two attached hydrogens (primary N) is 1. The molecule has 0 bridgehead atoms. The summed E-state index contributed by atoms with van der Waals surface area (Å²) >= 11 is 0. The Morgan fingerprint density at radius 2 is 1.71 bits per heavy atom. The number of hydrogen-bond acceptors (Lipinski definition) is 4. The van der Waals surface area contributed by atoms with Gasteiger partial charge in [0, 0.05) is 17.5 Å². The minimum absolute atomic E-state index is 0.246. The maximum absolute atomic E-state index is 10.6.